The van der Waals surface area contributed by atoms with E-state index >= 15 is 0 Å². The van der Waals surface area contributed by atoms with Crippen molar-refractivity contribution in [2.24, 2.45) is 0 Å². The van der Waals surface area contributed by atoms with Crippen LogP contribution in [0.15, 0.2) is 30.3 Å². The van der Waals surface area contributed by atoms with Crippen LogP contribution >= 0.6 is 11.6 Å². The van der Waals surface area contributed by atoms with Crippen LogP contribution in [0.3, 0.4) is 0 Å². The number of pyridine rings is 1. The molecule has 1 atom stereocenters. The Balaban J connectivity index is 1.86. The van der Waals surface area contributed by atoms with E-state index in [1.54, 1.807) is 24.3 Å². The first-order valence-corrected chi connectivity index (χ1v) is 7.12. The van der Waals surface area contributed by atoms with E-state index in [0.717, 1.165) is 5.39 Å². The lowest BCUT2D eigenvalue weighted by atomic mass is 10.2. The van der Waals surface area contributed by atoms with Gasteiger partial charge in [0.25, 0.3) is 5.91 Å². The highest BCUT2D eigenvalue weighted by molar-refractivity contribution is 6.31. The third-order valence-electron chi connectivity index (χ3n) is 3.50. The number of hydrogen-bond acceptors (Lipinski definition) is 4. The molecular formula is C15H13ClN2O4. The van der Waals surface area contributed by atoms with Gasteiger partial charge < -0.3 is 14.7 Å². The Hall–Kier alpha value is -2.18. The molecular weight excluding hydrogens is 308 g/mol. The number of carboxylic acids is 1. The molecule has 0 unspecified atom stereocenters. The molecule has 1 saturated heterocycles. The van der Waals surface area contributed by atoms with Gasteiger partial charge in [0.2, 0.25) is 0 Å². The number of carbonyl (C=O) groups excluding carboxylic acids is 1. The molecule has 7 heteroatoms. The van der Waals surface area contributed by atoms with Gasteiger partial charge in [-0.15, -0.1) is 0 Å². The van der Waals surface area contributed by atoms with Crippen LogP contribution in [0.1, 0.15) is 10.5 Å². The number of ether oxygens (including phenoxy) is 1. The summed E-state index contributed by atoms with van der Waals surface area (Å²) in [6.45, 7) is 0.559. The Morgan fingerprint density at radius 3 is 2.86 bits per heavy atom. The molecule has 0 radical (unpaired) electrons. The van der Waals surface area contributed by atoms with Crippen LogP contribution in [0, 0.1) is 0 Å². The molecule has 1 aromatic heterocycles. The number of nitrogens with zero attached hydrogens (tertiary/aromatic N) is 2. The summed E-state index contributed by atoms with van der Waals surface area (Å²) in [5.74, 6) is -1.38. The van der Waals surface area contributed by atoms with Gasteiger partial charge in [-0.1, -0.05) is 23.7 Å². The van der Waals surface area contributed by atoms with Crippen molar-refractivity contribution >= 4 is 34.4 Å². The minimum absolute atomic E-state index is 0.0173. The minimum atomic E-state index is -1.07. The highest BCUT2D eigenvalue weighted by Crippen LogP contribution is 2.19. The number of aliphatic carboxylic acids is 1. The largest absolute Gasteiger partial charge is 0.479 e. The fraction of sp³-hybridized carbons (Fsp3) is 0.267. The lowest BCUT2D eigenvalue weighted by Crippen LogP contribution is -2.48. The maximum Gasteiger partial charge on any atom is 0.334 e. The fourth-order valence-corrected chi connectivity index (χ4v) is 2.52. The lowest BCUT2D eigenvalue weighted by molar-refractivity contribution is -0.154. The molecule has 3 rings (SSSR count). The van der Waals surface area contributed by atoms with Gasteiger partial charge in [-0.2, -0.15) is 0 Å². The first-order chi connectivity index (χ1) is 10.5. The zero-order valence-corrected chi connectivity index (χ0v) is 12.3. The first-order valence-electron chi connectivity index (χ1n) is 6.74. The second-order valence-electron chi connectivity index (χ2n) is 4.98. The first kappa shape index (κ1) is 14.7. The summed E-state index contributed by atoms with van der Waals surface area (Å²) in [4.78, 5) is 29.2. The predicted octanol–water partition coefficient (Wildman–Crippen LogP) is 1.81. The zero-order valence-electron chi connectivity index (χ0n) is 11.5. The predicted molar refractivity (Wildman–Crippen MR) is 80.0 cm³/mol. The van der Waals surface area contributed by atoms with Crippen LogP contribution in [-0.4, -0.2) is 52.7 Å². The second kappa shape index (κ2) is 5.90. The van der Waals surface area contributed by atoms with Crippen molar-refractivity contribution in [2.75, 3.05) is 19.7 Å². The average Bonchev–Trinajstić information content (AvgIpc) is 2.53. The quantitative estimate of drug-likeness (QED) is 0.913. The summed E-state index contributed by atoms with van der Waals surface area (Å²) >= 11 is 5.94. The Labute approximate surface area is 131 Å². The summed E-state index contributed by atoms with van der Waals surface area (Å²) in [6.07, 6.45) is -0.993. The summed E-state index contributed by atoms with van der Waals surface area (Å²) in [5, 5.41) is 10.4. The van der Waals surface area contributed by atoms with Crippen LogP contribution in [0.5, 0.6) is 0 Å². The van der Waals surface area contributed by atoms with E-state index in [1.807, 2.05) is 6.07 Å². The van der Waals surface area contributed by atoms with Crippen molar-refractivity contribution in [3.8, 4) is 0 Å². The van der Waals surface area contributed by atoms with Gasteiger partial charge in [0, 0.05) is 17.0 Å². The maximum absolute atomic E-state index is 12.5. The highest BCUT2D eigenvalue weighted by Gasteiger charge is 2.29. The molecule has 2 aromatic rings. The fourth-order valence-electron chi connectivity index (χ4n) is 2.35. The molecule has 22 heavy (non-hydrogen) atoms. The lowest BCUT2D eigenvalue weighted by Gasteiger charge is -2.30. The number of halogens is 1. The molecule has 0 saturated carbocycles. The van der Waals surface area contributed by atoms with Crippen molar-refractivity contribution < 1.29 is 19.4 Å². The van der Waals surface area contributed by atoms with E-state index in [2.05, 4.69) is 4.98 Å². The minimum Gasteiger partial charge on any atom is -0.479 e. The van der Waals surface area contributed by atoms with Crippen LogP contribution < -0.4 is 0 Å². The van der Waals surface area contributed by atoms with E-state index in [0.29, 0.717) is 17.1 Å². The van der Waals surface area contributed by atoms with E-state index in [1.165, 1.54) is 4.90 Å². The van der Waals surface area contributed by atoms with Gasteiger partial charge in [-0.25, -0.2) is 9.78 Å². The van der Waals surface area contributed by atoms with Gasteiger partial charge in [0.15, 0.2) is 6.10 Å². The van der Waals surface area contributed by atoms with Crippen molar-refractivity contribution in [3.05, 3.63) is 41.0 Å². The molecule has 2 heterocycles. The van der Waals surface area contributed by atoms with E-state index < -0.39 is 12.1 Å². The standard InChI is InChI=1S/C15H13ClN2O4/c16-10-3-1-9-2-4-11(17-12(9)7-10)14(19)18-5-6-22-13(8-18)15(20)21/h1-4,7,13H,5-6,8H2,(H,20,21)/t13-/m1/s1. The topological polar surface area (TPSA) is 79.7 Å². The Morgan fingerprint density at radius 2 is 2.09 bits per heavy atom. The van der Waals surface area contributed by atoms with Gasteiger partial charge in [0.1, 0.15) is 5.69 Å². The summed E-state index contributed by atoms with van der Waals surface area (Å²) in [7, 11) is 0. The van der Waals surface area contributed by atoms with Crippen molar-refractivity contribution in [2.45, 2.75) is 6.10 Å². The number of morpholine rings is 1. The summed E-state index contributed by atoms with van der Waals surface area (Å²) in [5.41, 5.74) is 0.891. The number of fused-ring (bicyclic) bond motifs is 1. The molecule has 114 valence electrons. The molecule has 0 aliphatic carbocycles. The third kappa shape index (κ3) is 2.88. The van der Waals surface area contributed by atoms with Gasteiger partial charge in [0.05, 0.1) is 18.7 Å². The van der Waals surface area contributed by atoms with E-state index in [-0.39, 0.29) is 24.8 Å². The molecule has 0 spiro atoms. The van der Waals surface area contributed by atoms with Gasteiger partial charge >= 0.3 is 5.97 Å². The average molecular weight is 321 g/mol. The monoisotopic (exact) mass is 320 g/mol. The van der Waals surface area contributed by atoms with Gasteiger partial charge in [-0.3, -0.25) is 4.79 Å². The molecule has 1 amide bonds. The second-order valence-corrected chi connectivity index (χ2v) is 5.42. The molecule has 1 N–H and O–H groups in total. The number of aromatic nitrogens is 1. The van der Waals surface area contributed by atoms with Crippen molar-refractivity contribution in [1.82, 2.24) is 9.88 Å². The van der Waals surface area contributed by atoms with Crippen molar-refractivity contribution in [3.63, 3.8) is 0 Å². The normalized spacial score (nSPS) is 18.4. The smallest absolute Gasteiger partial charge is 0.334 e. The molecule has 0 bridgehead atoms. The van der Waals surface area contributed by atoms with E-state index in [4.69, 9.17) is 21.4 Å². The highest BCUT2D eigenvalue weighted by atomic mass is 35.5. The summed E-state index contributed by atoms with van der Waals surface area (Å²) in [6, 6.07) is 8.69. The molecule has 1 aliphatic rings. The Bertz CT molecular complexity index is 749. The summed E-state index contributed by atoms with van der Waals surface area (Å²) < 4.78 is 5.11. The Kier molecular flexibility index (Phi) is 3.96. The number of amides is 1. The number of carboxylic acid groups (broad SMARTS) is 1. The van der Waals surface area contributed by atoms with E-state index in [9.17, 15) is 9.59 Å². The number of benzene rings is 1. The van der Waals surface area contributed by atoms with Crippen LogP contribution in [-0.2, 0) is 9.53 Å². The van der Waals surface area contributed by atoms with Crippen LogP contribution in [0.4, 0.5) is 0 Å². The number of rotatable bonds is 2. The van der Waals surface area contributed by atoms with Gasteiger partial charge in [-0.05, 0) is 18.2 Å². The van der Waals surface area contributed by atoms with Crippen LogP contribution in [0.25, 0.3) is 10.9 Å². The molecule has 1 aromatic carbocycles. The molecule has 6 nitrogen and oxygen atoms in total. The Morgan fingerprint density at radius 1 is 1.32 bits per heavy atom. The third-order valence-corrected chi connectivity index (χ3v) is 3.74. The molecule has 1 fully saturated rings. The SMILES string of the molecule is O=C(O)[C@H]1CN(C(=O)c2ccc3ccc(Cl)cc3n2)CCO1. The number of carbonyl (C=O) groups is 2. The van der Waals surface area contributed by atoms with Crippen molar-refractivity contribution in [1.29, 1.82) is 0 Å². The zero-order chi connectivity index (χ0) is 15.7. The number of hydrogen-bond donors (Lipinski definition) is 1. The maximum atomic E-state index is 12.5. The van der Waals surface area contributed by atoms with Crippen LogP contribution in [0.2, 0.25) is 5.02 Å². The molecule has 1 aliphatic heterocycles.